The molecule has 29 heavy (non-hydrogen) atoms. The first-order valence-corrected chi connectivity index (χ1v) is 8.76. The molecule has 10 heteroatoms. The molecule has 1 aliphatic rings. The number of nitrogens with two attached hydrogens (primary N) is 1. The molecule has 1 amide bonds. The molecule has 0 spiro atoms. The summed E-state index contributed by atoms with van der Waals surface area (Å²) in [4.78, 5) is 33.5. The van der Waals surface area contributed by atoms with Gasteiger partial charge in [-0.3, -0.25) is 14.7 Å². The van der Waals surface area contributed by atoms with Crippen molar-refractivity contribution in [1.82, 2.24) is 24.9 Å². The molecule has 3 aromatic heterocycles. The summed E-state index contributed by atoms with van der Waals surface area (Å²) in [5.41, 5.74) is 7.97. The molecule has 3 aromatic rings. The van der Waals surface area contributed by atoms with Crippen LogP contribution in [0, 0.1) is 19.8 Å². The SMILES string of the molecule is COc1c(C)cnc(CN2C(=O)/C(=C\c3ncc[nH]3)c3c(F)nc(N)nc32)c1C. The Bertz CT molecular complexity index is 1140. The lowest BCUT2D eigenvalue weighted by molar-refractivity contribution is -0.113. The molecule has 0 radical (unpaired) electrons. The van der Waals surface area contributed by atoms with Crippen LogP contribution in [0.3, 0.4) is 0 Å². The van der Waals surface area contributed by atoms with Gasteiger partial charge in [-0.25, -0.2) is 4.98 Å². The standard InChI is InChI=1S/C19H18FN7O2/c1-9-7-24-12(10(2)15(9)29-3)8-27-17-14(16(20)25-19(21)26-17)11(18(27)28)6-13-22-4-5-23-13/h4-7H,8H2,1-3H3,(H,22,23)(H2,21,25,26)/b11-6-. The predicted octanol–water partition coefficient (Wildman–Crippen LogP) is 2.03. The van der Waals surface area contributed by atoms with Gasteiger partial charge in [-0.1, -0.05) is 0 Å². The summed E-state index contributed by atoms with van der Waals surface area (Å²) in [6.07, 6.45) is 6.26. The van der Waals surface area contributed by atoms with Crippen molar-refractivity contribution in [2.75, 3.05) is 17.7 Å². The zero-order valence-electron chi connectivity index (χ0n) is 16.0. The van der Waals surface area contributed by atoms with Gasteiger partial charge in [0.1, 0.15) is 11.6 Å². The molecule has 148 valence electrons. The zero-order valence-corrected chi connectivity index (χ0v) is 16.0. The number of aryl methyl sites for hydroxylation is 1. The number of anilines is 2. The minimum absolute atomic E-state index is 0.0164. The molecular weight excluding hydrogens is 377 g/mol. The largest absolute Gasteiger partial charge is 0.496 e. The normalized spacial score (nSPS) is 14.6. The summed E-state index contributed by atoms with van der Waals surface area (Å²) < 4.78 is 20.1. The van der Waals surface area contributed by atoms with E-state index in [2.05, 4.69) is 24.9 Å². The maximum absolute atomic E-state index is 14.6. The van der Waals surface area contributed by atoms with Crippen LogP contribution in [0.5, 0.6) is 5.75 Å². The topological polar surface area (TPSA) is 123 Å². The second kappa shape index (κ2) is 6.97. The molecule has 0 saturated heterocycles. The highest BCUT2D eigenvalue weighted by Gasteiger charge is 2.38. The van der Waals surface area contributed by atoms with Gasteiger partial charge in [-0.15, -0.1) is 0 Å². The third kappa shape index (κ3) is 3.08. The first-order chi connectivity index (χ1) is 13.9. The Morgan fingerprint density at radius 2 is 2.10 bits per heavy atom. The number of aromatic nitrogens is 5. The maximum Gasteiger partial charge on any atom is 0.260 e. The number of carbonyl (C=O) groups is 1. The van der Waals surface area contributed by atoms with Gasteiger partial charge in [-0.2, -0.15) is 14.4 Å². The van der Waals surface area contributed by atoms with Gasteiger partial charge in [0.05, 0.1) is 30.5 Å². The van der Waals surface area contributed by atoms with Gasteiger partial charge < -0.3 is 15.5 Å². The fraction of sp³-hybridized carbons (Fsp3) is 0.211. The van der Waals surface area contributed by atoms with Crippen LogP contribution in [0.1, 0.15) is 28.2 Å². The number of aromatic amines is 1. The number of nitrogens with one attached hydrogen (secondary N) is 1. The van der Waals surface area contributed by atoms with Crippen LogP contribution in [0.15, 0.2) is 18.6 Å². The number of halogens is 1. The van der Waals surface area contributed by atoms with E-state index in [4.69, 9.17) is 10.5 Å². The number of methoxy groups -OCH3 is 1. The molecule has 0 bridgehead atoms. The molecule has 0 saturated carbocycles. The fourth-order valence-electron chi connectivity index (χ4n) is 3.37. The number of nitrogens with zero attached hydrogens (tertiary/aromatic N) is 5. The smallest absolute Gasteiger partial charge is 0.260 e. The second-order valence-corrected chi connectivity index (χ2v) is 6.54. The van der Waals surface area contributed by atoms with Crippen LogP contribution in [-0.2, 0) is 11.3 Å². The van der Waals surface area contributed by atoms with E-state index < -0.39 is 11.9 Å². The van der Waals surface area contributed by atoms with Crippen LogP contribution < -0.4 is 15.4 Å². The van der Waals surface area contributed by atoms with E-state index in [9.17, 15) is 9.18 Å². The van der Waals surface area contributed by atoms with Crippen LogP contribution in [0.4, 0.5) is 16.2 Å². The Labute approximate surface area is 165 Å². The van der Waals surface area contributed by atoms with Crippen molar-refractivity contribution in [3.05, 3.63) is 52.7 Å². The number of hydrogen-bond donors (Lipinski definition) is 2. The number of rotatable bonds is 4. The number of fused-ring (bicyclic) bond motifs is 1. The van der Waals surface area contributed by atoms with Crippen LogP contribution in [-0.4, -0.2) is 37.9 Å². The Balaban J connectivity index is 1.83. The molecule has 4 rings (SSSR count). The molecule has 0 unspecified atom stereocenters. The molecule has 1 aliphatic heterocycles. The molecule has 9 nitrogen and oxygen atoms in total. The Hall–Kier alpha value is -3.82. The van der Waals surface area contributed by atoms with Crippen LogP contribution in [0.25, 0.3) is 11.6 Å². The molecule has 0 aromatic carbocycles. The van der Waals surface area contributed by atoms with E-state index in [1.165, 1.54) is 17.2 Å². The zero-order chi connectivity index (χ0) is 20.7. The fourth-order valence-corrected chi connectivity index (χ4v) is 3.37. The summed E-state index contributed by atoms with van der Waals surface area (Å²) in [5.74, 6) is -0.392. The predicted molar refractivity (Wildman–Crippen MR) is 104 cm³/mol. The summed E-state index contributed by atoms with van der Waals surface area (Å²) >= 11 is 0. The molecule has 0 atom stereocenters. The monoisotopic (exact) mass is 395 g/mol. The quantitative estimate of drug-likeness (QED) is 0.512. The molecule has 3 N–H and O–H groups in total. The van der Waals surface area contributed by atoms with Crippen molar-refractivity contribution in [2.45, 2.75) is 20.4 Å². The Morgan fingerprint density at radius 3 is 2.79 bits per heavy atom. The minimum Gasteiger partial charge on any atom is -0.496 e. The number of H-pyrrole nitrogens is 1. The molecule has 4 heterocycles. The lowest BCUT2D eigenvalue weighted by atomic mass is 10.1. The van der Waals surface area contributed by atoms with Gasteiger partial charge in [0, 0.05) is 29.7 Å². The van der Waals surface area contributed by atoms with Gasteiger partial charge in [0.2, 0.25) is 11.9 Å². The van der Waals surface area contributed by atoms with Crippen molar-refractivity contribution < 1.29 is 13.9 Å². The number of carbonyl (C=O) groups excluding carboxylic acids is 1. The average molecular weight is 395 g/mol. The summed E-state index contributed by atoms with van der Waals surface area (Å²) in [6, 6.07) is 0. The first kappa shape index (κ1) is 18.5. The number of amides is 1. The highest BCUT2D eigenvalue weighted by Crippen LogP contribution is 2.39. The molecule has 0 fully saturated rings. The number of ether oxygens (including phenoxy) is 1. The highest BCUT2D eigenvalue weighted by atomic mass is 19.1. The van der Waals surface area contributed by atoms with Gasteiger partial charge in [-0.05, 0) is 19.9 Å². The number of imidazole rings is 1. The number of nitrogen functional groups attached to an aromatic ring is 1. The highest BCUT2D eigenvalue weighted by molar-refractivity contribution is 6.35. The number of pyridine rings is 1. The Kier molecular flexibility index (Phi) is 4.45. The maximum atomic E-state index is 14.6. The third-order valence-electron chi connectivity index (χ3n) is 4.72. The molecular formula is C19H18FN7O2. The average Bonchev–Trinajstić information content (AvgIpc) is 3.27. The Morgan fingerprint density at radius 1 is 1.31 bits per heavy atom. The first-order valence-electron chi connectivity index (χ1n) is 8.76. The lowest BCUT2D eigenvalue weighted by Crippen LogP contribution is -2.27. The second-order valence-electron chi connectivity index (χ2n) is 6.54. The van der Waals surface area contributed by atoms with Gasteiger partial charge in [0.25, 0.3) is 5.91 Å². The molecule has 0 aliphatic carbocycles. The van der Waals surface area contributed by atoms with E-state index in [0.29, 0.717) is 17.3 Å². The van der Waals surface area contributed by atoms with E-state index >= 15 is 0 Å². The summed E-state index contributed by atoms with van der Waals surface area (Å²) in [6.45, 7) is 3.80. The van der Waals surface area contributed by atoms with Crippen LogP contribution >= 0.6 is 0 Å². The van der Waals surface area contributed by atoms with E-state index in [-0.39, 0.29) is 29.4 Å². The van der Waals surface area contributed by atoms with E-state index in [0.717, 1.165) is 11.1 Å². The summed E-state index contributed by atoms with van der Waals surface area (Å²) in [7, 11) is 1.57. The van der Waals surface area contributed by atoms with Gasteiger partial charge >= 0.3 is 0 Å². The van der Waals surface area contributed by atoms with E-state index in [1.807, 2.05) is 13.8 Å². The van der Waals surface area contributed by atoms with Crippen molar-refractivity contribution >= 4 is 29.3 Å². The summed E-state index contributed by atoms with van der Waals surface area (Å²) in [5, 5.41) is 0. The van der Waals surface area contributed by atoms with Crippen molar-refractivity contribution in [3.63, 3.8) is 0 Å². The van der Waals surface area contributed by atoms with Gasteiger partial charge in [0.15, 0.2) is 5.82 Å². The van der Waals surface area contributed by atoms with Crippen LogP contribution in [0.2, 0.25) is 0 Å². The van der Waals surface area contributed by atoms with Crippen molar-refractivity contribution in [1.29, 1.82) is 0 Å². The lowest BCUT2D eigenvalue weighted by Gasteiger charge is -2.18. The number of hydrogen-bond acceptors (Lipinski definition) is 7. The van der Waals surface area contributed by atoms with Crippen molar-refractivity contribution in [2.24, 2.45) is 0 Å². The van der Waals surface area contributed by atoms with E-state index in [1.54, 1.807) is 19.5 Å². The third-order valence-corrected chi connectivity index (χ3v) is 4.72. The minimum atomic E-state index is -0.868. The van der Waals surface area contributed by atoms with Crippen molar-refractivity contribution in [3.8, 4) is 5.75 Å².